The van der Waals surface area contributed by atoms with Gasteiger partial charge >= 0.3 is 6.61 Å². The lowest BCUT2D eigenvalue weighted by atomic mass is 9.81. The van der Waals surface area contributed by atoms with Gasteiger partial charge in [-0.15, -0.1) is 0 Å². The van der Waals surface area contributed by atoms with Crippen LogP contribution in [0.3, 0.4) is 0 Å². The number of aromatic nitrogens is 2. The third-order valence-electron chi connectivity index (χ3n) is 6.18. The van der Waals surface area contributed by atoms with Crippen molar-refractivity contribution < 1.29 is 18.3 Å². The van der Waals surface area contributed by atoms with Gasteiger partial charge in [0.15, 0.2) is 12.0 Å². The van der Waals surface area contributed by atoms with Crippen molar-refractivity contribution in [2.75, 3.05) is 14.1 Å². The molecule has 178 valence electrons. The van der Waals surface area contributed by atoms with Crippen molar-refractivity contribution in [3.05, 3.63) is 53.3 Å². The molecule has 1 aliphatic carbocycles. The zero-order valence-electron chi connectivity index (χ0n) is 19.5. The monoisotopic (exact) mass is 466 g/mol. The van der Waals surface area contributed by atoms with Crippen molar-refractivity contribution in [2.45, 2.75) is 44.9 Å². The van der Waals surface area contributed by atoms with Crippen LogP contribution in [0.5, 0.6) is 5.75 Å². The Morgan fingerprint density at radius 3 is 2.68 bits per heavy atom. The first-order chi connectivity index (χ1) is 16.3. The second kappa shape index (κ2) is 9.92. The Kier molecular flexibility index (Phi) is 6.96. The Morgan fingerprint density at radius 2 is 2.06 bits per heavy atom. The van der Waals surface area contributed by atoms with Crippen LogP contribution < -0.4 is 10.5 Å². The van der Waals surface area contributed by atoms with Gasteiger partial charge in [0.1, 0.15) is 11.5 Å². The van der Waals surface area contributed by atoms with E-state index in [1.165, 1.54) is 12.1 Å². The highest BCUT2D eigenvalue weighted by Gasteiger charge is 2.26. The van der Waals surface area contributed by atoms with Gasteiger partial charge in [-0.3, -0.25) is 14.3 Å². The van der Waals surface area contributed by atoms with Gasteiger partial charge in [-0.05, 0) is 63.7 Å². The maximum absolute atomic E-state index is 13.3. The zero-order chi connectivity index (χ0) is 24.4. The van der Waals surface area contributed by atoms with Gasteiger partial charge in [-0.2, -0.15) is 8.78 Å². The number of hydrogen-bond donors (Lipinski definition) is 1. The minimum absolute atomic E-state index is 0.0892. The second-order valence-corrected chi connectivity index (χ2v) is 8.78. The van der Waals surface area contributed by atoms with Crippen LogP contribution in [0.15, 0.2) is 36.4 Å². The van der Waals surface area contributed by atoms with Gasteiger partial charge in [-0.1, -0.05) is 24.8 Å². The number of hydrogen-bond acceptors (Lipinski definition) is 5. The molecule has 1 aliphatic rings. The normalized spacial score (nSPS) is 18.5. The average molecular weight is 467 g/mol. The number of carbonyl (C=O) groups excluding carboxylic acids is 1. The molecule has 0 amide bonds. The smallest absolute Gasteiger partial charge is 0.387 e. The van der Waals surface area contributed by atoms with E-state index in [4.69, 9.17) is 15.5 Å². The molecule has 2 aromatic carbocycles. The van der Waals surface area contributed by atoms with Crippen LogP contribution in [0.25, 0.3) is 16.7 Å². The number of carbonyl (C=O) groups is 1. The molecule has 34 heavy (non-hydrogen) atoms. The molecule has 0 spiro atoms. The maximum atomic E-state index is 13.3. The lowest BCUT2D eigenvalue weighted by molar-refractivity contribution is -0.0498. The molecular weight excluding hydrogens is 438 g/mol. The molecule has 1 aromatic heterocycles. The van der Waals surface area contributed by atoms with Crippen molar-refractivity contribution in [3.63, 3.8) is 0 Å². The fraction of sp³-hybridized carbons (Fsp3) is 0.385. The third-order valence-corrected chi connectivity index (χ3v) is 6.18. The highest BCUT2D eigenvalue weighted by molar-refractivity contribution is 5.87. The first kappa shape index (κ1) is 23.9. The first-order valence-corrected chi connectivity index (χ1v) is 11.3. The minimum atomic E-state index is -3.04. The Hall–Kier alpha value is -3.28. The van der Waals surface area contributed by atoms with Crippen LogP contribution in [-0.4, -0.2) is 47.5 Å². The number of imidazole rings is 1. The lowest BCUT2D eigenvalue weighted by Gasteiger charge is -2.27. The predicted octanol–water partition coefficient (Wildman–Crippen LogP) is 4.54. The van der Waals surface area contributed by atoms with Crippen LogP contribution >= 0.6 is 0 Å². The van der Waals surface area contributed by atoms with Gasteiger partial charge in [-0.25, -0.2) is 4.98 Å². The number of benzene rings is 2. The molecule has 3 aromatic rings. The summed E-state index contributed by atoms with van der Waals surface area (Å²) in [5.74, 6) is 7.30. The molecule has 0 aliphatic heterocycles. The van der Waals surface area contributed by atoms with Crippen LogP contribution in [-0.2, 0) is 0 Å². The van der Waals surface area contributed by atoms with Gasteiger partial charge in [0.25, 0.3) is 0 Å². The lowest BCUT2D eigenvalue weighted by Crippen LogP contribution is -2.35. The molecular formula is C26H28F2N4O2. The van der Waals surface area contributed by atoms with Crippen LogP contribution in [0, 0.1) is 17.8 Å². The standard InChI is InChI=1S/C26H28F2N4O2/c1-4-21(31(2)3)25-30-20-11-10-16(8-9-17-12-19(29)13-17)14-22(20)32(25)24-18(15-33)6-5-7-23(24)34-26(27)28/h5-7,10-11,14-15,17,19,21,26H,4,12-13,29H2,1-3H3. The van der Waals surface area contributed by atoms with Crippen LogP contribution in [0.4, 0.5) is 8.78 Å². The maximum Gasteiger partial charge on any atom is 0.387 e. The molecule has 1 fully saturated rings. The summed E-state index contributed by atoms with van der Waals surface area (Å²) < 4.78 is 33.2. The number of alkyl halides is 2. The van der Waals surface area contributed by atoms with Gasteiger partial charge in [0, 0.05) is 23.1 Å². The molecule has 2 N–H and O–H groups in total. The van der Waals surface area contributed by atoms with Crippen molar-refractivity contribution in [2.24, 2.45) is 11.7 Å². The Morgan fingerprint density at radius 1 is 1.29 bits per heavy atom. The van der Waals surface area contributed by atoms with E-state index in [0.717, 1.165) is 24.8 Å². The number of halogens is 2. The molecule has 1 saturated carbocycles. The Labute approximate surface area is 197 Å². The summed E-state index contributed by atoms with van der Waals surface area (Å²) in [4.78, 5) is 18.8. The third kappa shape index (κ3) is 4.67. The quantitative estimate of drug-likeness (QED) is 0.409. The van der Waals surface area contributed by atoms with Crippen molar-refractivity contribution >= 4 is 17.3 Å². The molecule has 8 heteroatoms. The minimum Gasteiger partial charge on any atom is -0.433 e. The summed E-state index contributed by atoms with van der Waals surface area (Å²) >= 11 is 0. The van der Waals surface area contributed by atoms with Crippen molar-refractivity contribution in [1.82, 2.24) is 14.5 Å². The van der Waals surface area contributed by atoms with Gasteiger partial charge in [0.05, 0.1) is 17.1 Å². The molecule has 1 heterocycles. The van der Waals surface area contributed by atoms with Crippen molar-refractivity contribution in [1.29, 1.82) is 0 Å². The summed E-state index contributed by atoms with van der Waals surface area (Å²) in [5, 5.41) is 0. The molecule has 1 atom stereocenters. The molecule has 6 nitrogen and oxygen atoms in total. The summed E-state index contributed by atoms with van der Waals surface area (Å²) in [6.45, 7) is -1.01. The first-order valence-electron chi connectivity index (χ1n) is 11.3. The molecule has 0 radical (unpaired) electrons. The SMILES string of the molecule is CCC(c1nc2ccc(C#CC3CC(N)C3)cc2n1-c1c(C=O)cccc1OC(F)F)N(C)C. The van der Waals surface area contributed by atoms with Crippen LogP contribution in [0.2, 0.25) is 0 Å². The molecule has 0 saturated heterocycles. The van der Waals surface area contributed by atoms with Crippen LogP contribution in [0.1, 0.15) is 54.0 Å². The van der Waals surface area contributed by atoms with Gasteiger partial charge < -0.3 is 10.5 Å². The molecule has 1 unspecified atom stereocenters. The summed E-state index contributed by atoms with van der Waals surface area (Å²) in [6, 6.07) is 10.3. The van der Waals surface area contributed by atoms with E-state index in [1.54, 1.807) is 10.6 Å². The Bertz CT molecular complexity index is 1250. The van der Waals surface area contributed by atoms with E-state index in [2.05, 4.69) is 11.8 Å². The van der Waals surface area contributed by atoms with E-state index in [0.29, 0.717) is 23.1 Å². The van der Waals surface area contributed by atoms with E-state index < -0.39 is 6.61 Å². The second-order valence-electron chi connectivity index (χ2n) is 8.78. The number of para-hydroxylation sites is 1. The highest BCUT2D eigenvalue weighted by atomic mass is 19.3. The molecule has 4 rings (SSSR count). The number of rotatable bonds is 7. The van der Waals surface area contributed by atoms with Gasteiger partial charge in [0.2, 0.25) is 0 Å². The number of nitrogens with two attached hydrogens (primary N) is 1. The number of aldehydes is 1. The fourth-order valence-electron chi connectivity index (χ4n) is 4.44. The zero-order valence-corrected chi connectivity index (χ0v) is 19.5. The molecule has 0 bridgehead atoms. The van der Waals surface area contributed by atoms with E-state index >= 15 is 0 Å². The van der Waals surface area contributed by atoms with E-state index in [1.807, 2.05) is 44.1 Å². The summed E-state index contributed by atoms with van der Waals surface area (Å²) in [5.41, 5.74) is 8.45. The summed E-state index contributed by atoms with van der Waals surface area (Å²) in [6.07, 6.45) is 3.14. The predicted molar refractivity (Wildman–Crippen MR) is 127 cm³/mol. The highest BCUT2D eigenvalue weighted by Crippen LogP contribution is 2.36. The summed E-state index contributed by atoms with van der Waals surface area (Å²) in [7, 11) is 3.86. The largest absolute Gasteiger partial charge is 0.433 e. The number of fused-ring (bicyclic) bond motifs is 1. The fourth-order valence-corrected chi connectivity index (χ4v) is 4.44. The van der Waals surface area contributed by atoms with E-state index in [-0.39, 0.29) is 35.0 Å². The Balaban J connectivity index is 1.96. The topological polar surface area (TPSA) is 73.4 Å². The van der Waals surface area contributed by atoms with Crippen molar-refractivity contribution in [3.8, 4) is 23.3 Å². The number of nitrogens with zero attached hydrogens (tertiary/aromatic N) is 3. The average Bonchev–Trinajstić information content (AvgIpc) is 3.13. The van der Waals surface area contributed by atoms with E-state index in [9.17, 15) is 13.6 Å². The number of ether oxygens (including phenoxy) is 1.